The first-order valence-electron chi connectivity index (χ1n) is 16.6. The van der Waals surface area contributed by atoms with Gasteiger partial charge < -0.3 is 43.3 Å². The molecule has 8 heteroatoms. The van der Waals surface area contributed by atoms with E-state index in [0.717, 1.165) is 25.9 Å². The van der Waals surface area contributed by atoms with Gasteiger partial charge in [0.05, 0.1) is 41.3 Å². The van der Waals surface area contributed by atoms with Gasteiger partial charge in [0.1, 0.15) is 13.2 Å². The maximum atomic E-state index is 12.3. The first-order valence-corrected chi connectivity index (χ1v) is 16.6. The number of carbonyl (C=O) groups is 2. The van der Waals surface area contributed by atoms with Crippen molar-refractivity contribution in [3.8, 4) is 0 Å². The molecule has 0 aliphatic rings. The summed E-state index contributed by atoms with van der Waals surface area (Å²) in [6.45, 7) is 7.45. The Morgan fingerprint density at radius 1 is 0.439 bits per heavy atom. The van der Waals surface area contributed by atoms with E-state index in [1.54, 1.807) is 0 Å². The number of rotatable bonds is 28. The van der Waals surface area contributed by atoms with Gasteiger partial charge in [0, 0.05) is 0 Å². The Bertz CT molecular complexity index is 604. The fourth-order valence-corrected chi connectivity index (χ4v) is 5.14. The first kappa shape index (κ1) is 44.9. The van der Waals surface area contributed by atoms with E-state index < -0.39 is 0 Å². The molecule has 0 aromatic carbocycles. The Kier molecular flexibility index (Phi) is 32.3. The fourth-order valence-electron chi connectivity index (χ4n) is 5.14. The summed E-state index contributed by atoms with van der Waals surface area (Å²) in [5.74, 6) is -0.437. The van der Waals surface area contributed by atoms with Crippen LogP contribution in [0.4, 0.5) is 0 Å². The summed E-state index contributed by atoms with van der Waals surface area (Å²) in [5.41, 5.74) is 0. The van der Waals surface area contributed by atoms with Gasteiger partial charge in [-0.2, -0.15) is 0 Å². The molecule has 0 rings (SSSR count). The minimum atomic E-state index is -0.219. The summed E-state index contributed by atoms with van der Waals surface area (Å²) in [6.07, 6.45) is 24.9. The largest absolute Gasteiger partial charge is 1.00 e. The molecule has 0 aliphatic carbocycles. The summed E-state index contributed by atoms with van der Waals surface area (Å²) in [6, 6.07) is 0. The molecule has 0 unspecified atom stereocenters. The maximum Gasteiger partial charge on any atom is 0.361 e. The number of halogens is 2. The zero-order valence-corrected chi connectivity index (χ0v) is 29.5. The normalized spacial score (nSPS) is 11.5. The Morgan fingerprint density at radius 2 is 0.683 bits per heavy atom. The van der Waals surface area contributed by atoms with Crippen molar-refractivity contribution in [3.63, 3.8) is 0 Å². The molecule has 0 saturated carbocycles. The van der Waals surface area contributed by atoms with Gasteiger partial charge in [-0.3, -0.25) is 0 Å². The molecule has 0 aromatic heterocycles. The van der Waals surface area contributed by atoms with Gasteiger partial charge in [0.15, 0.2) is 13.1 Å². The summed E-state index contributed by atoms with van der Waals surface area (Å²) in [7, 11) is 8.34. The SMILES string of the molecule is CCCCCCCCCCCCC[N+](C)(C)CC(=O)OCCOC(=O)C[N+](C)(C)CCCCCCCCCC.[Cl-].[Cl-]. The second-order valence-corrected chi connectivity index (χ2v) is 13.1. The van der Waals surface area contributed by atoms with Crippen LogP contribution in [0.25, 0.3) is 0 Å². The Morgan fingerprint density at radius 3 is 0.951 bits per heavy atom. The van der Waals surface area contributed by atoms with Crippen LogP contribution in [0.3, 0.4) is 0 Å². The molecule has 0 amide bonds. The number of likely N-dealkylation sites (N-methyl/N-ethyl adjacent to an activating group) is 2. The molecular formula is C33H68Cl2N2O4. The van der Waals surface area contributed by atoms with E-state index in [4.69, 9.17) is 9.47 Å². The second-order valence-electron chi connectivity index (χ2n) is 13.1. The molecule has 248 valence electrons. The van der Waals surface area contributed by atoms with Crippen LogP contribution in [0.15, 0.2) is 0 Å². The Balaban J connectivity index is -0.00000722. The highest BCUT2D eigenvalue weighted by Gasteiger charge is 2.22. The predicted octanol–water partition coefficient (Wildman–Crippen LogP) is 1.69. The number of unbranched alkanes of at least 4 members (excludes halogenated alkanes) is 17. The van der Waals surface area contributed by atoms with E-state index in [-0.39, 0.29) is 50.0 Å². The lowest BCUT2D eigenvalue weighted by Gasteiger charge is -2.29. The standard InChI is InChI=1S/C33H68N2O4.2ClH/c1-7-9-11-13-15-17-18-19-21-23-25-27-35(5,6)31-33(37)39-29-28-38-32(36)30-34(3,4)26-24-22-20-16-14-12-10-8-2;;/h7-31H2,1-6H3;2*1H/q+2;;/p-2. The van der Waals surface area contributed by atoms with E-state index in [2.05, 4.69) is 42.0 Å². The molecule has 0 spiro atoms. The lowest BCUT2D eigenvalue weighted by molar-refractivity contribution is -0.883. The number of hydrogen-bond acceptors (Lipinski definition) is 4. The number of quaternary nitrogens is 2. The summed E-state index contributed by atoms with van der Waals surface area (Å²) < 4.78 is 12.0. The van der Waals surface area contributed by atoms with Crippen LogP contribution >= 0.6 is 0 Å². The van der Waals surface area contributed by atoms with Crippen LogP contribution in [0, 0.1) is 0 Å². The molecule has 0 N–H and O–H groups in total. The van der Waals surface area contributed by atoms with Crippen molar-refractivity contribution in [2.75, 3.05) is 67.6 Å². The average molecular weight is 628 g/mol. The highest BCUT2D eigenvalue weighted by molar-refractivity contribution is 5.71. The van der Waals surface area contributed by atoms with Crippen LogP contribution in [0.2, 0.25) is 0 Å². The molecule has 6 nitrogen and oxygen atoms in total. The molecule has 0 fully saturated rings. The summed E-state index contributed by atoms with van der Waals surface area (Å²) >= 11 is 0. The van der Waals surface area contributed by atoms with Gasteiger partial charge >= 0.3 is 11.9 Å². The van der Waals surface area contributed by atoms with Crippen molar-refractivity contribution in [2.24, 2.45) is 0 Å². The van der Waals surface area contributed by atoms with Crippen LogP contribution in [0.5, 0.6) is 0 Å². The van der Waals surface area contributed by atoms with E-state index in [0.29, 0.717) is 22.1 Å². The van der Waals surface area contributed by atoms with Crippen LogP contribution in [-0.4, -0.2) is 88.5 Å². The molecule has 0 aliphatic heterocycles. The van der Waals surface area contributed by atoms with Crippen molar-refractivity contribution in [3.05, 3.63) is 0 Å². The molecule has 0 bridgehead atoms. The van der Waals surface area contributed by atoms with Crippen LogP contribution in [0.1, 0.15) is 136 Å². The van der Waals surface area contributed by atoms with Gasteiger partial charge in [0.25, 0.3) is 0 Å². The number of carbonyl (C=O) groups excluding carboxylic acids is 2. The Hall–Kier alpha value is -0.560. The Labute approximate surface area is 267 Å². The van der Waals surface area contributed by atoms with Crippen LogP contribution in [-0.2, 0) is 19.1 Å². The third-order valence-electron chi connectivity index (χ3n) is 7.71. The summed E-state index contributed by atoms with van der Waals surface area (Å²) in [5, 5.41) is 0. The van der Waals surface area contributed by atoms with Crippen molar-refractivity contribution in [1.82, 2.24) is 0 Å². The molecule has 41 heavy (non-hydrogen) atoms. The number of hydrogen-bond donors (Lipinski definition) is 0. The average Bonchev–Trinajstić information content (AvgIpc) is 2.86. The third kappa shape index (κ3) is 32.2. The summed E-state index contributed by atoms with van der Waals surface area (Å²) in [4.78, 5) is 24.6. The van der Waals surface area contributed by atoms with Gasteiger partial charge in [-0.15, -0.1) is 0 Å². The molecule has 0 heterocycles. The van der Waals surface area contributed by atoms with Crippen molar-refractivity contribution in [2.45, 2.75) is 136 Å². The van der Waals surface area contributed by atoms with E-state index in [1.165, 1.54) is 109 Å². The van der Waals surface area contributed by atoms with E-state index >= 15 is 0 Å². The van der Waals surface area contributed by atoms with Crippen molar-refractivity contribution >= 4 is 11.9 Å². The van der Waals surface area contributed by atoms with E-state index in [1.807, 2.05) is 0 Å². The van der Waals surface area contributed by atoms with Crippen molar-refractivity contribution in [1.29, 1.82) is 0 Å². The minimum Gasteiger partial charge on any atom is -1.00 e. The predicted molar refractivity (Wildman–Crippen MR) is 165 cm³/mol. The molecule has 0 atom stereocenters. The zero-order chi connectivity index (χ0) is 29.2. The highest BCUT2D eigenvalue weighted by atomic mass is 35.5. The van der Waals surface area contributed by atoms with Crippen LogP contribution < -0.4 is 24.8 Å². The smallest absolute Gasteiger partial charge is 0.361 e. The van der Waals surface area contributed by atoms with E-state index in [9.17, 15) is 9.59 Å². The molecule has 0 radical (unpaired) electrons. The third-order valence-corrected chi connectivity index (χ3v) is 7.71. The second kappa shape index (κ2) is 29.5. The lowest BCUT2D eigenvalue weighted by atomic mass is 10.1. The van der Waals surface area contributed by atoms with Gasteiger partial charge in [-0.05, 0) is 25.7 Å². The molecule has 0 saturated heterocycles. The minimum absolute atomic E-state index is 0. The van der Waals surface area contributed by atoms with Gasteiger partial charge in [0.2, 0.25) is 0 Å². The van der Waals surface area contributed by atoms with Gasteiger partial charge in [-0.25, -0.2) is 9.59 Å². The quantitative estimate of drug-likeness (QED) is 0.0753. The molecule has 0 aromatic rings. The zero-order valence-electron chi connectivity index (χ0n) is 28.0. The topological polar surface area (TPSA) is 52.6 Å². The number of nitrogens with zero attached hydrogens (tertiary/aromatic N) is 2. The first-order chi connectivity index (χ1) is 18.6. The maximum absolute atomic E-state index is 12.3. The number of esters is 2. The highest BCUT2D eigenvalue weighted by Crippen LogP contribution is 2.13. The fraction of sp³-hybridized carbons (Fsp3) is 0.939. The molecular weight excluding hydrogens is 559 g/mol. The van der Waals surface area contributed by atoms with Gasteiger partial charge in [-0.1, -0.05) is 110 Å². The number of ether oxygens (including phenoxy) is 2. The lowest BCUT2D eigenvalue weighted by Crippen LogP contribution is -3.00. The monoisotopic (exact) mass is 626 g/mol. The van der Waals surface area contributed by atoms with Crippen molar-refractivity contribution < 1.29 is 52.8 Å².